The Kier molecular flexibility index (Phi) is 2.10. The summed E-state index contributed by atoms with van der Waals surface area (Å²) in [7, 11) is 0. The predicted molar refractivity (Wildman–Crippen MR) is 49.5 cm³/mol. The summed E-state index contributed by atoms with van der Waals surface area (Å²) in [6, 6.07) is 0. The fourth-order valence-electron chi connectivity index (χ4n) is 2.09. The Hall–Kier alpha value is -0.900. The molecule has 2 aliphatic heterocycles. The Morgan fingerprint density at radius 1 is 1.36 bits per heavy atom. The molecule has 0 aliphatic carbocycles. The molecule has 2 amide bonds. The second-order valence-electron chi connectivity index (χ2n) is 4.59. The van der Waals surface area contributed by atoms with Gasteiger partial charge in [-0.2, -0.15) is 0 Å². The zero-order valence-electron chi connectivity index (χ0n) is 8.58. The fraction of sp³-hybridized carbons (Fsp3) is 0.800. The number of amides is 2. The van der Waals surface area contributed by atoms with E-state index in [0.717, 1.165) is 13.0 Å². The van der Waals surface area contributed by atoms with Crippen LogP contribution in [0.5, 0.6) is 0 Å². The zero-order valence-corrected chi connectivity index (χ0v) is 8.58. The second-order valence-corrected chi connectivity index (χ2v) is 4.59. The maximum Gasteiger partial charge on any atom is 0.230 e. The van der Waals surface area contributed by atoms with Gasteiger partial charge in [0.1, 0.15) is 0 Å². The molecule has 0 saturated carbocycles. The van der Waals surface area contributed by atoms with Crippen molar-refractivity contribution >= 4 is 11.8 Å². The molecule has 0 aromatic carbocycles. The zero-order chi connectivity index (χ0) is 10.3. The molecule has 0 N–H and O–H groups in total. The van der Waals surface area contributed by atoms with Crippen molar-refractivity contribution in [3.8, 4) is 0 Å². The average Bonchev–Trinajstić information content (AvgIpc) is 2.77. The highest BCUT2D eigenvalue weighted by molar-refractivity contribution is 6.02. The van der Waals surface area contributed by atoms with Crippen LogP contribution in [0.2, 0.25) is 0 Å². The van der Waals surface area contributed by atoms with E-state index in [-0.39, 0.29) is 23.5 Å². The highest BCUT2D eigenvalue weighted by atomic mass is 16.6. The van der Waals surface area contributed by atoms with Gasteiger partial charge >= 0.3 is 0 Å². The number of epoxide rings is 1. The van der Waals surface area contributed by atoms with Crippen LogP contribution in [0.25, 0.3) is 0 Å². The number of hydrogen-bond acceptors (Lipinski definition) is 3. The third kappa shape index (κ3) is 1.66. The molecule has 0 bridgehead atoms. The van der Waals surface area contributed by atoms with Gasteiger partial charge in [-0.15, -0.1) is 0 Å². The molecule has 2 fully saturated rings. The lowest BCUT2D eigenvalue weighted by atomic mass is 9.96. The molecule has 1 atom stereocenters. The lowest BCUT2D eigenvalue weighted by molar-refractivity contribution is -0.144. The van der Waals surface area contributed by atoms with E-state index in [1.807, 2.05) is 13.8 Å². The van der Waals surface area contributed by atoms with Gasteiger partial charge in [0, 0.05) is 18.4 Å². The normalized spacial score (nSPS) is 27.3. The van der Waals surface area contributed by atoms with Gasteiger partial charge in [0.15, 0.2) is 0 Å². The van der Waals surface area contributed by atoms with E-state index in [2.05, 4.69) is 0 Å². The Bertz CT molecular complexity index is 265. The number of rotatable bonds is 3. The maximum atomic E-state index is 11.5. The molecule has 0 aromatic heterocycles. The van der Waals surface area contributed by atoms with E-state index >= 15 is 0 Å². The van der Waals surface area contributed by atoms with Gasteiger partial charge in [0.2, 0.25) is 11.8 Å². The van der Waals surface area contributed by atoms with Crippen LogP contribution >= 0.6 is 0 Å². The number of likely N-dealkylation sites (tertiary alicyclic amines) is 1. The minimum atomic E-state index is -0.383. The molecule has 0 aromatic rings. The molecule has 2 heterocycles. The van der Waals surface area contributed by atoms with Gasteiger partial charge in [-0.3, -0.25) is 14.5 Å². The summed E-state index contributed by atoms with van der Waals surface area (Å²) in [5.41, 5.74) is -0.383. The first kappa shape index (κ1) is 9.65. The minimum absolute atomic E-state index is 0.0411. The van der Waals surface area contributed by atoms with Gasteiger partial charge < -0.3 is 4.74 Å². The van der Waals surface area contributed by atoms with Crippen molar-refractivity contribution < 1.29 is 14.3 Å². The number of imide groups is 1. The number of hydrogen-bond donors (Lipinski definition) is 0. The largest absolute Gasteiger partial charge is 0.373 e. The highest BCUT2D eigenvalue weighted by Crippen LogP contribution is 2.31. The average molecular weight is 197 g/mol. The molecule has 0 spiro atoms. The van der Waals surface area contributed by atoms with E-state index in [1.54, 1.807) is 0 Å². The van der Waals surface area contributed by atoms with E-state index < -0.39 is 0 Å². The molecular weight excluding hydrogens is 182 g/mol. The summed E-state index contributed by atoms with van der Waals surface area (Å²) in [6.45, 7) is 4.62. The minimum Gasteiger partial charge on any atom is -0.373 e. The van der Waals surface area contributed by atoms with Crippen molar-refractivity contribution in [2.75, 3.05) is 6.61 Å². The molecule has 4 nitrogen and oxygen atoms in total. The molecule has 4 heteroatoms. The van der Waals surface area contributed by atoms with Crippen LogP contribution in [0, 0.1) is 0 Å². The number of ether oxygens (including phenoxy) is 1. The molecule has 1 unspecified atom stereocenters. The van der Waals surface area contributed by atoms with Gasteiger partial charge in [0.25, 0.3) is 0 Å². The number of carbonyl (C=O) groups is 2. The predicted octanol–water partition coefficient (Wildman–Crippen LogP) is 0.703. The van der Waals surface area contributed by atoms with Crippen LogP contribution in [0.1, 0.15) is 33.1 Å². The van der Waals surface area contributed by atoms with Crippen LogP contribution < -0.4 is 0 Å². The Balaban J connectivity index is 2.09. The Morgan fingerprint density at radius 2 is 1.86 bits per heavy atom. The first-order valence-corrected chi connectivity index (χ1v) is 4.98. The first-order chi connectivity index (χ1) is 6.50. The summed E-state index contributed by atoms with van der Waals surface area (Å²) in [6.07, 6.45) is 1.73. The van der Waals surface area contributed by atoms with Crippen LogP contribution in [0.15, 0.2) is 0 Å². The molecular formula is C10H15NO3. The summed E-state index contributed by atoms with van der Waals surface area (Å²) in [5, 5.41) is 0. The van der Waals surface area contributed by atoms with E-state index in [4.69, 9.17) is 4.74 Å². The quantitative estimate of drug-likeness (QED) is 0.494. The third-order valence-corrected chi connectivity index (χ3v) is 2.79. The van der Waals surface area contributed by atoms with E-state index in [1.165, 1.54) is 4.90 Å². The standard InChI is InChI=1S/C10H15NO3/c1-10(2,5-7-6-14-7)11-8(12)3-4-9(11)13/h7H,3-6H2,1-2H3. The maximum absolute atomic E-state index is 11.5. The third-order valence-electron chi connectivity index (χ3n) is 2.79. The smallest absolute Gasteiger partial charge is 0.230 e. The SMILES string of the molecule is CC(C)(CC1CO1)N1C(=O)CCC1=O. The first-order valence-electron chi connectivity index (χ1n) is 4.98. The monoisotopic (exact) mass is 197 g/mol. The van der Waals surface area contributed by atoms with Crippen molar-refractivity contribution in [2.45, 2.75) is 44.8 Å². The van der Waals surface area contributed by atoms with Gasteiger partial charge in [-0.1, -0.05) is 0 Å². The van der Waals surface area contributed by atoms with Gasteiger partial charge in [0.05, 0.1) is 12.7 Å². The van der Waals surface area contributed by atoms with Crippen molar-refractivity contribution in [1.82, 2.24) is 4.90 Å². The van der Waals surface area contributed by atoms with Crippen LogP contribution in [0.4, 0.5) is 0 Å². The molecule has 78 valence electrons. The Labute approximate surface area is 83.2 Å². The topological polar surface area (TPSA) is 49.9 Å². The summed E-state index contributed by atoms with van der Waals surface area (Å²) >= 11 is 0. The van der Waals surface area contributed by atoms with Crippen molar-refractivity contribution in [1.29, 1.82) is 0 Å². The lowest BCUT2D eigenvalue weighted by Crippen LogP contribution is -2.48. The van der Waals surface area contributed by atoms with Gasteiger partial charge in [-0.25, -0.2) is 0 Å². The molecule has 2 aliphatic rings. The van der Waals surface area contributed by atoms with Crippen molar-refractivity contribution in [3.05, 3.63) is 0 Å². The van der Waals surface area contributed by atoms with E-state index in [9.17, 15) is 9.59 Å². The van der Waals surface area contributed by atoms with Crippen molar-refractivity contribution in [2.24, 2.45) is 0 Å². The van der Waals surface area contributed by atoms with Crippen LogP contribution in [-0.2, 0) is 14.3 Å². The number of nitrogens with zero attached hydrogens (tertiary/aromatic N) is 1. The Morgan fingerprint density at radius 3 is 2.29 bits per heavy atom. The van der Waals surface area contributed by atoms with E-state index in [0.29, 0.717) is 12.8 Å². The summed E-state index contributed by atoms with van der Waals surface area (Å²) < 4.78 is 5.13. The lowest BCUT2D eigenvalue weighted by Gasteiger charge is -2.33. The fourth-order valence-corrected chi connectivity index (χ4v) is 2.09. The molecule has 14 heavy (non-hydrogen) atoms. The number of carbonyl (C=O) groups excluding carboxylic acids is 2. The molecule has 2 rings (SSSR count). The summed E-state index contributed by atoms with van der Waals surface area (Å²) in [4.78, 5) is 24.4. The van der Waals surface area contributed by atoms with Crippen LogP contribution in [-0.4, -0.2) is 35.0 Å². The highest BCUT2D eigenvalue weighted by Gasteiger charge is 2.43. The molecule has 2 saturated heterocycles. The van der Waals surface area contributed by atoms with Crippen LogP contribution in [0.3, 0.4) is 0 Å². The summed E-state index contributed by atoms with van der Waals surface area (Å²) in [5.74, 6) is -0.0821. The second kappa shape index (κ2) is 3.05. The molecule has 0 radical (unpaired) electrons. The van der Waals surface area contributed by atoms with Gasteiger partial charge in [-0.05, 0) is 20.3 Å². The van der Waals surface area contributed by atoms with Crippen molar-refractivity contribution in [3.63, 3.8) is 0 Å².